The van der Waals surface area contributed by atoms with Gasteiger partial charge in [-0.05, 0) is 37.5 Å². The Morgan fingerprint density at radius 1 is 1.08 bits per heavy atom. The lowest BCUT2D eigenvalue weighted by atomic mass is 10.1. The van der Waals surface area contributed by atoms with Gasteiger partial charge >= 0.3 is 5.97 Å². The summed E-state index contributed by atoms with van der Waals surface area (Å²) in [5, 5.41) is 11.4. The first-order valence-corrected chi connectivity index (χ1v) is 7.71. The maximum absolute atomic E-state index is 12.0. The molecule has 1 atom stereocenters. The average molecular weight is 339 g/mol. The molecule has 0 saturated carbocycles. The Morgan fingerprint density at radius 2 is 1.67 bits per heavy atom. The Balaban J connectivity index is 2.63. The number of hydrogen-bond donors (Lipinski definition) is 2. The molecule has 0 saturated heterocycles. The number of benzene rings is 1. The van der Waals surface area contributed by atoms with Gasteiger partial charge in [0.15, 0.2) is 11.5 Å². The fourth-order valence-corrected chi connectivity index (χ4v) is 2.30. The SMILES string of the molecule is COc1cc(CCC(=O)NC(C)CCC(=O)O)cc(OC)c1OC. The van der Waals surface area contributed by atoms with Crippen molar-refractivity contribution in [1.29, 1.82) is 0 Å². The van der Waals surface area contributed by atoms with Crippen LogP contribution in [0.5, 0.6) is 17.2 Å². The Hall–Kier alpha value is -2.44. The van der Waals surface area contributed by atoms with Crippen molar-refractivity contribution in [1.82, 2.24) is 5.32 Å². The van der Waals surface area contributed by atoms with Crippen LogP contribution in [0.3, 0.4) is 0 Å². The second-order valence-electron chi connectivity index (χ2n) is 5.43. The van der Waals surface area contributed by atoms with Crippen molar-refractivity contribution in [3.63, 3.8) is 0 Å². The maximum Gasteiger partial charge on any atom is 0.303 e. The van der Waals surface area contributed by atoms with E-state index in [4.69, 9.17) is 19.3 Å². The molecule has 0 spiro atoms. The summed E-state index contributed by atoms with van der Waals surface area (Å²) in [7, 11) is 4.61. The van der Waals surface area contributed by atoms with Crippen molar-refractivity contribution in [2.24, 2.45) is 0 Å². The molecule has 7 heteroatoms. The minimum absolute atomic E-state index is 0.0360. The second-order valence-corrected chi connectivity index (χ2v) is 5.43. The zero-order valence-corrected chi connectivity index (χ0v) is 14.5. The van der Waals surface area contributed by atoms with Gasteiger partial charge in [0, 0.05) is 18.9 Å². The highest BCUT2D eigenvalue weighted by atomic mass is 16.5. The van der Waals surface area contributed by atoms with Crippen molar-refractivity contribution < 1.29 is 28.9 Å². The van der Waals surface area contributed by atoms with E-state index in [1.165, 1.54) is 21.3 Å². The van der Waals surface area contributed by atoms with E-state index in [1.54, 1.807) is 6.92 Å². The Labute approximate surface area is 141 Å². The molecule has 0 radical (unpaired) electrons. The van der Waals surface area contributed by atoms with Gasteiger partial charge in [-0.15, -0.1) is 0 Å². The number of carbonyl (C=O) groups excluding carboxylic acids is 1. The van der Waals surface area contributed by atoms with Crippen molar-refractivity contribution in [3.8, 4) is 17.2 Å². The number of carboxylic acid groups (broad SMARTS) is 1. The number of carboxylic acids is 1. The van der Waals surface area contributed by atoms with Crippen LogP contribution in [0.2, 0.25) is 0 Å². The van der Waals surface area contributed by atoms with Gasteiger partial charge in [-0.2, -0.15) is 0 Å². The van der Waals surface area contributed by atoms with Gasteiger partial charge in [0.1, 0.15) is 0 Å². The van der Waals surface area contributed by atoms with Crippen molar-refractivity contribution in [2.45, 2.75) is 38.6 Å². The van der Waals surface area contributed by atoms with Crippen LogP contribution in [0.25, 0.3) is 0 Å². The number of aryl methyl sites for hydroxylation is 1. The molecule has 0 aliphatic rings. The highest BCUT2D eigenvalue weighted by Gasteiger charge is 2.14. The van der Waals surface area contributed by atoms with E-state index in [2.05, 4.69) is 5.32 Å². The molecular formula is C17H25NO6. The van der Waals surface area contributed by atoms with Crippen molar-refractivity contribution in [3.05, 3.63) is 17.7 Å². The minimum Gasteiger partial charge on any atom is -0.493 e. The molecule has 0 aliphatic heterocycles. The molecule has 1 aromatic rings. The lowest BCUT2D eigenvalue weighted by Crippen LogP contribution is -2.33. The third-order valence-corrected chi connectivity index (χ3v) is 3.56. The minimum atomic E-state index is -0.867. The first-order valence-electron chi connectivity index (χ1n) is 7.71. The summed E-state index contributed by atoms with van der Waals surface area (Å²) in [5.74, 6) is 0.606. The Kier molecular flexibility index (Phi) is 7.88. The second kappa shape index (κ2) is 9.64. The van der Waals surface area contributed by atoms with Gasteiger partial charge in [0.25, 0.3) is 0 Å². The number of nitrogens with one attached hydrogen (secondary N) is 1. The van der Waals surface area contributed by atoms with E-state index in [-0.39, 0.29) is 24.8 Å². The molecule has 1 rings (SSSR count). The summed E-state index contributed by atoms with van der Waals surface area (Å²) < 4.78 is 15.8. The molecule has 1 amide bonds. The van der Waals surface area contributed by atoms with Crippen LogP contribution in [0, 0.1) is 0 Å². The predicted octanol–water partition coefficient (Wildman–Crippen LogP) is 2.01. The van der Waals surface area contributed by atoms with Crippen LogP contribution in [0.15, 0.2) is 12.1 Å². The number of methoxy groups -OCH3 is 3. The van der Waals surface area contributed by atoms with Gasteiger partial charge in [-0.25, -0.2) is 0 Å². The molecular weight excluding hydrogens is 314 g/mol. The van der Waals surface area contributed by atoms with Crippen molar-refractivity contribution >= 4 is 11.9 Å². The molecule has 0 fully saturated rings. The Morgan fingerprint density at radius 3 is 2.12 bits per heavy atom. The highest BCUT2D eigenvalue weighted by Crippen LogP contribution is 2.38. The van der Waals surface area contributed by atoms with Crippen LogP contribution < -0.4 is 19.5 Å². The third kappa shape index (κ3) is 5.98. The van der Waals surface area contributed by atoms with Gasteiger partial charge in [-0.1, -0.05) is 0 Å². The molecule has 7 nitrogen and oxygen atoms in total. The van der Waals surface area contributed by atoms with Gasteiger partial charge < -0.3 is 24.6 Å². The number of rotatable bonds is 10. The van der Waals surface area contributed by atoms with E-state index in [1.807, 2.05) is 12.1 Å². The smallest absolute Gasteiger partial charge is 0.303 e. The first kappa shape index (κ1) is 19.6. The van der Waals surface area contributed by atoms with Crippen molar-refractivity contribution in [2.75, 3.05) is 21.3 Å². The maximum atomic E-state index is 12.0. The molecule has 0 aliphatic carbocycles. The van der Waals surface area contributed by atoms with Crippen LogP contribution in [0.1, 0.15) is 31.7 Å². The zero-order valence-electron chi connectivity index (χ0n) is 14.5. The largest absolute Gasteiger partial charge is 0.493 e. The average Bonchev–Trinajstić information content (AvgIpc) is 2.56. The molecule has 2 N–H and O–H groups in total. The monoisotopic (exact) mass is 339 g/mol. The fourth-order valence-electron chi connectivity index (χ4n) is 2.30. The summed E-state index contributed by atoms with van der Waals surface area (Å²) in [6, 6.07) is 3.44. The summed E-state index contributed by atoms with van der Waals surface area (Å²) in [5.41, 5.74) is 0.887. The van der Waals surface area contributed by atoms with E-state index in [9.17, 15) is 9.59 Å². The van der Waals surface area contributed by atoms with Crippen LogP contribution in [0.4, 0.5) is 0 Å². The Bertz CT molecular complexity index is 547. The number of amides is 1. The van der Waals surface area contributed by atoms with Gasteiger partial charge in [-0.3, -0.25) is 9.59 Å². The van der Waals surface area contributed by atoms with E-state index >= 15 is 0 Å². The topological polar surface area (TPSA) is 94.1 Å². The lowest BCUT2D eigenvalue weighted by molar-refractivity contribution is -0.137. The standard InChI is InChI=1S/C17H25NO6/c1-11(5-8-16(20)21)18-15(19)7-6-12-9-13(22-2)17(24-4)14(10-12)23-3/h9-11H,5-8H2,1-4H3,(H,18,19)(H,20,21). The summed E-state index contributed by atoms with van der Waals surface area (Å²) in [6.07, 6.45) is 1.24. The molecule has 0 heterocycles. The quantitative estimate of drug-likeness (QED) is 0.677. The molecule has 134 valence electrons. The summed E-state index contributed by atoms with van der Waals surface area (Å²) >= 11 is 0. The van der Waals surface area contributed by atoms with Crippen LogP contribution in [-0.2, 0) is 16.0 Å². The molecule has 0 bridgehead atoms. The predicted molar refractivity (Wildman–Crippen MR) is 88.9 cm³/mol. The number of ether oxygens (including phenoxy) is 3. The highest BCUT2D eigenvalue weighted by molar-refractivity contribution is 5.76. The van der Waals surface area contributed by atoms with Crippen LogP contribution in [-0.4, -0.2) is 44.4 Å². The fraction of sp³-hybridized carbons (Fsp3) is 0.529. The first-order chi connectivity index (χ1) is 11.4. The van der Waals surface area contributed by atoms with E-state index in [0.717, 1.165) is 5.56 Å². The number of carbonyl (C=O) groups is 2. The molecule has 0 aromatic heterocycles. The molecule has 1 unspecified atom stereocenters. The normalized spacial score (nSPS) is 11.5. The summed E-state index contributed by atoms with van der Waals surface area (Å²) in [6.45, 7) is 1.79. The molecule has 1 aromatic carbocycles. The zero-order chi connectivity index (χ0) is 18.1. The van der Waals surface area contributed by atoms with Gasteiger partial charge in [0.2, 0.25) is 11.7 Å². The molecule has 24 heavy (non-hydrogen) atoms. The van der Waals surface area contributed by atoms with Gasteiger partial charge in [0.05, 0.1) is 21.3 Å². The van der Waals surface area contributed by atoms with E-state index in [0.29, 0.717) is 30.1 Å². The third-order valence-electron chi connectivity index (χ3n) is 3.56. The number of aliphatic carboxylic acids is 1. The number of hydrogen-bond acceptors (Lipinski definition) is 5. The summed E-state index contributed by atoms with van der Waals surface area (Å²) in [4.78, 5) is 22.5. The van der Waals surface area contributed by atoms with Crippen LogP contribution >= 0.6 is 0 Å². The lowest BCUT2D eigenvalue weighted by Gasteiger charge is -2.15. The van der Waals surface area contributed by atoms with E-state index < -0.39 is 5.97 Å².